The number of nitrogen functional groups attached to an aromatic ring is 1. The fourth-order valence-electron chi connectivity index (χ4n) is 4.45. The third-order valence-corrected chi connectivity index (χ3v) is 5.81. The molecule has 3 aromatic heterocycles. The quantitative estimate of drug-likeness (QED) is 0.444. The second kappa shape index (κ2) is 7.95. The molecule has 0 unspecified atom stereocenters. The Bertz CT molecular complexity index is 1610. The van der Waals surface area contributed by atoms with Crippen molar-refractivity contribution in [2.45, 2.75) is 27.3 Å². The van der Waals surface area contributed by atoms with Gasteiger partial charge in [-0.2, -0.15) is 9.78 Å². The van der Waals surface area contributed by atoms with Gasteiger partial charge in [-0.15, -0.1) is 0 Å². The molecule has 0 atom stereocenters. The second-order valence-corrected chi connectivity index (χ2v) is 8.62. The van der Waals surface area contributed by atoms with Gasteiger partial charge < -0.3 is 10.3 Å². The third kappa shape index (κ3) is 3.64. The summed E-state index contributed by atoms with van der Waals surface area (Å²) in [4.78, 5) is 21.6. The zero-order valence-corrected chi connectivity index (χ0v) is 19.4. The maximum Gasteiger partial charge on any atom is 0.350 e. The van der Waals surface area contributed by atoms with E-state index in [0.29, 0.717) is 46.0 Å². The molecule has 0 radical (unpaired) electrons. The van der Waals surface area contributed by atoms with E-state index in [-0.39, 0.29) is 5.69 Å². The first-order chi connectivity index (χ1) is 16.2. The molecule has 0 saturated carbocycles. The summed E-state index contributed by atoms with van der Waals surface area (Å²) in [6.07, 6.45) is 3.24. The number of aryl methyl sites for hydroxylation is 4. The highest BCUT2D eigenvalue weighted by Crippen LogP contribution is 2.34. The van der Waals surface area contributed by atoms with Gasteiger partial charge in [0.25, 0.3) is 0 Å². The van der Waals surface area contributed by atoms with E-state index in [1.54, 1.807) is 29.8 Å². The lowest BCUT2D eigenvalue weighted by molar-refractivity contribution is 0.628. The molecule has 0 aliphatic heterocycles. The van der Waals surface area contributed by atoms with E-state index in [1.807, 2.05) is 33.0 Å². The Labute approximate surface area is 195 Å². The van der Waals surface area contributed by atoms with Gasteiger partial charge in [0.2, 0.25) is 0 Å². The van der Waals surface area contributed by atoms with Crippen LogP contribution in [0.1, 0.15) is 22.5 Å². The molecule has 2 N–H and O–H groups in total. The summed E-state index contributed by atoms with van der Waals surface area (Å²) in [5.41, 5.74) is 11.0. The van der Waals surface area contributed by atoms with E-state index in [2.05, 4.69) is 21.1 Å². The van der Waals surface area contributed by atoms with E-state index >= 15 is 4.39 Å². The molecule has 8 nitrogen and oxygen atoms in total. The van der Waals surface area contributed by atoms with Gasteiger partial charge in [-0.25, -0.2) is 19.2 Å². The number of fused-ring (bicyclic) bond motifs is 1. The van der Waals surface area contributed by atoms with Crippen LogP contribution in [0.2, 0.25) is 0 Å². The summed E-state index contributed by atoms with van der Waals surface area (Å²) < 4.78 is 19.8. The van der Waals surface area contributed by atoms with E-state index in [0.717, 1.165) is 16.7 Å². The van der Waals surface area contributed by atoms with Gasteiger partial charge in [0, 0.05) is 30.4 Å². The Kier molecular flexibility index (Phi) is 5.04. The summed E-state index contributed by atoms with van der Waals surface area (Å²) in [6.45, 7) is 6.18. The van der Waals surface area contributed by atoms with Crippen molar-refractivity contribution in [2.75, 3.05) is 5.73 Å². The topological polar surface area (TPSA) is 96.6 Å². The third-order valence-electron chi connectivity index (χ3n) is 5.81. The average Bonchev–Trinajstić information content (AvgIpc) is 3.27. The molecule has 0 spiro atoms. The van der Waals surface area contributed by atoms with Crippen LogP contribution in [0.3, 0.4) is 0 Å². The van der Waals surface area contributed by atoms with Crippen LogP contribution < -0.4 is 11.4 Å². The zero-order valence-electron chi connectivity index (χ0n) is 19.4. The lowest BCUT2D eigenvalue weighted by Crippen LogP contribution is -2.24. The van der Waals surface area contributed by atoms with Crippen LogP contribution in [0, 0.1) is 26.6 Å². The second-order valence-electron chi connectivity index (χ2n) is 8.62. The molecule has 0 saturated heterocycles. The van der Waals surface area contributed by atoms with Crippen LogP contribution in [0.25, 0.3) is 27.8 Å². The molecule has 0 aliphatic rings. The van der Waals surface area contributed by atoms with Gasteiger partial charge in [-0.3, -0.25) is 4.57 Å². The van der Waals surface area contributed by atoms with Crippen LogP contribution >= 0.6 is 0 Å². The van der Waals surface area contributed by atoms with Crippen molar-refractivity contribution in [1.82, 2.24) is 28.9 Å². The Morgan fingerprint density at radius 3 is 2.44 bits per heavy atom. The summed E-state index contributed by atoms with van der Waals surface area (Å²) in [5.74, 6) is 0.341. The molecular weight excluding hydrogens is 433 g/mol. The number of nitrogens with zero attached hydrogens (tertiary/aromatic N) is 6. The predicted molar refractivity (Wildman–Crippen MR) is 129 cm³/mol. The smallest absolute Gasteiger partial charge is 0.350 e. The number of anilines is 1. The minimum absolute atomic E-state index is 0.294. The normalized spacial score (nSPS) is 11.4. The zero-order chi connectivity index (χ0) is 24.1. The highest BCUT2D eigenvalue weighted by Gasteiger charge is 2.18. The Morgan fingerprint density at radius 1 is 1.00 bits per heavy atom. The van der Waals surface area contributed by atoms with Crippen molar-refractivity contribution in [2.24, 2.45) is 7.05 Å². The number of aromatic nitrogens is 6. The monoisotopic (exact) mass is 457 g/mol. The summed E-state index contributed by atoms with van der Waals surface area (Å²) in [5, 5.41) is 4.80. The standard InChI is InChI=1S/C25H24FN7O/c1-14-7-15(2)9-17(8-14)11-32-13-28-33(25(32)34)18-5-6-19(21(26)10-18)20-12-31(4)24-22(20)23(27)29-16(3)30-24/h5-10,12-13H,11H2,1-4H3,(H2,27,29,30). The molecule has 0 amide bonds. The van der Waals surface area contributed by atoms with Gasteiger partial charge in [-0.1, -0.05) is 29.3 Å². The first kappa shape index (κ1) is 21.6. The lowest BCUT2D eigenvalue weighted by atomic mass is 10.0. The molecule has 34 heavy (non-hydrogen) atoms. The maximum atomic E-state index is 15.3. The molecule has 0 bridgehead atoms. The SMILES string of the molecule is Cc1cc(C)cc(Cn2cnn(-c3ccc(-c4cn(C)c5nc(C)nc(N)c45)c(F)c3)c2=O)c1. The molecule has 5 aromatic rings. The fraction of sp³-hybridized carbons (Fsp3) is 0.200. The summed E-state index contributed by atoms with van der Waals surface area (Å²) in [6, 6.07) is 10.7. The molecule has 2 aromatic carbocycles. The number of nitrogens with two attached hydrogens (primary N) is 1. The minimum Gasteiger partial charge on any atom is -0.383 e. The highest BCUT2D eigenvalue weighted by atomic mass is 19.1. The van der Waals surface area contributed by atoms with Crippen molar-refractivity contribution < 1.29 is 4.39 Å². The molecule has 5 rings (SSSR count). The van der Waals surface area contributed by atoms with Crippen molar-refractivity contribution in [1.29, 1.82) is 0 Å². The largest absolute Gasteiger partial charge is 0.383 e. The van der Waals surface area contributed by atoms with Gasteiger partial charge in [0.15, 0.2) is 0 Å². The van der Waals surface area contributed by atoms with Crippen LogP contribution in [0.15, 0.2) is 53.7 Å². The van der Waals surface area contributed by atoms with E-state index in [9.17, 15) is 4.79 Å². The van der Waals surface area contributed by atoms with E-state index in [4.69, 9.17) is 5.73 Å². The first-order valence-electron chi connectivity index (χ1n) is 10.8. The molecule has 0 aliphatic carbocycles. The Balaban J connectivity index is 1.52. The van der Waals surface area contributed by atoms with Gasteiger partial charge in [-0.05, 0) is 38.5 Å². The predicted octanol–water partition coefficient (Wildman–Crippen LogP) is 3.68. The molecule has 172 valence electrons. The lowest BCUT2D eigenvalue weighted by Gasteiger charge is -2.07. The van der Waals surface area contributed by atoms with Crippen LogP contribution in [0.4, 0.5) is 10.2 Å². The Morgan fingerprint density at radius 2 is 1.74 bits per heavy atom. The maximum absolute atomic E-state index is 15.3. The summed E-state index contributed by atoms with van der Waals surface area (Å²) >= 11 is 0. The Hall–Kier alpha value is -4.27. The molecule has 9 heteroatoms. The number of hydrogen-bond acceptors (Lipinski definition) is 5. The van der Waals surface area contributed by atoms with Crippen molar-refractivity contribution in [3.8, 4) is 16.8 Å². The van der Waals surface area contributed by atoms with E-state index in [1.165, 1.54) is 21.6 Å². The molecule has 0 fully saturated rings. The average molecular weight is 458 g/mol. The van der Waals surface area contributed by atoms with Gasteiger partial charge in [0.1, 0.15) is 29.4 Å². The van der Waals surface area contributed by atoms with Crippen molar-refractivity contribution >= 4 is 16.9 Å². The first-order valence-corrected chi connectivity index (χ1v) is 10.8. The highest BCUT2D eigenvalue weighted by molar-refractivity contribution is 6.00. The van der Waals surface area contributed by atoms with Gasteiger partial charge in [0.05, 0.1) is 17.6 Å². The van der Waals surface area contributed by atoms with Crippen LogP contribution in [-0.4, -0.2) is 28.9 Å². The number of benzene rings is 2. The number of hydrogen-bond donors (Lipinski definition) is 1. The van der Waals surface area contributed by atoms with Crippen molar-refractivity contribution in [3.63, 3.8) is 0 Å². The fourth-order valence-corrected chi connectivity index (χ4v) is 4.45. The summed E-state index contributed by atoms with van der Waals surface area (Å²) in [7, 11) is 1.83. The van der Waals surface area contributed by atoms with Gasteiger partial charge >= 0.3 is 5.69 Å². The van der Waals surface area contributed by atoms with E-state index < -0.39 is 5.82 Å². The van der Waals surface area contributed by atoms with Crippen molar-refractivity contribution in [3.05, 3.63) is 87.7 Å². The molecular formula is C25H24FN7O. The number of halogens is 1. The van der Waals surface area contributed by atoms with Crippen LogP contribution in [0.5, 0.6) is 0 Å². The minimum atomic E-state index is -0.499. The van der Waals surface area contributed by atoms with Crippen LogP contribution in [-0.2, 0) is 13.6 Å². The number of rotatable bonds is 4. The molecule has 3 heterocycles.